The van der Waals surface area contributed by atoms with Gasteiger partial charge in [-0.25, -0.2) is 9.67 Å². The van der Waals surface area contributed by atoms with Gasteiger partial charge in [0.05, 0.1) is 5.69 Å². The lowest BCUT2D eigenvalue weighted by Gasteiger charge is -2.07. The maximum atomic E-state index is 11.4. The van der Waals surface area contributed by atoms with E-state index in [2.05, 4.69) is 32.9 Å². The van der Waals surface area contributed by atoms with Crippen LogP contribution in [0.2, 0.25) is 0 Å². The van der Waals surface area contributed by atoms with Crippen LogP contribution in [0.1, 0.15) is 42.8 Å². The van der Waals surface area contributed by atoms with Crippen molar-refractivity contribution in [2.75, 3.05) is 0 Å². The summed E-state index contributed by atoms with van der Waals surface area (Å²) >= 11 is 3.43. The van der Waals surface area contributed by atoms with Crippen LogP contribution < -0.4 is 0 Å². The SMILES string of the molecule is CCc1nc(CC)n(-c2ccc(C(C)=O)c(Br)c2)n1. The first-order valence-corrected chi connectivity index (χ1v) is 7.11. The number of halogens is 1. The molecule has 0 aliphatic rings. The fraction of sp³-hybridized carbons (Fsp3) is 0.357. The Morgan fingerprint density at radius 1 is 1.32 bits per heavy atom. The van der Waals surface area contributed by atoms with Crippen molar-refractivity contribution in [2.45, 2.75) is 33.6 Å². The molecule has 4 nitrogen and oxygen atoms in total. The van der Waals surface area contributed by atoms with Crippen molar-refractivity contribution in [3.63, 3.8) is 0 Å². The Bertz CT molecular complexity index is 619. The van der Waals surface area contributed by atoms with E-state index in [4.69, 9.17) is 0 Å². The predicted molar refractivity (Wildman–Crippen MR) is 77.8 cm³/mol. The van der Waals surface area contributed by atoms with Gasteiger partial charge in [0.15, 0.2) is 11.6 Å². The second-order valence-corrected chi connectivity index (χ2v) is 5.14. The third kappa shape index (κ3) is 2.76. The average molecular weight is 322 g/mol. The first-order valence-electron chi connectivity index (χ1n) is 6.32. The van der Waals surface area contributed by atoms with Gasteiger partial charge in [-0.2, -0.15) is 5.10 Å². The lowest BCUT2D eigenvalue weighted by atomic mass is 10.1. The molecule has 0 aliphatic carbocycles. The zero-order chi connectivity index (χ0) is 14.0. The fourth-order valence-corrected chi connectivity index (χ4v) is 2.54. The number of aromatic nitrogens is 3. The van der Waals surface area contributed by atoms with Crippen LogP contribution in [-0.2, 0) is 12.8 Å². The molecular weight excluding hydrogens is 306 g/mol. The molecule has 1 aromatic carbocycles. The van der Waals surface area contributed by atoms with E-state index in [1.165, 1.54) is 0 Å². The Hall–Kier alpha value is -1.49. The summed E-state index contributed by atoms with van der Waals surface area (Å²) in [5.74, 6) is 1.81. The molecule has 5 heteroatoms. The van der Waals surface area contributed by atoms with Gasteiger partial charge in [0.1, 0.15) is 5.82 Å². The van der Waals surface area contributed by atoms with E-state index in [1.807, 2.05) is 29.8 Å². The standard InChI is InChI=1S/C14H16BrN3O/c1-4-13-16-14(5-2)18(17-13)10-6-7-11(9(3)19)12(15)8-10/h6-8H,4-5H2,1-3H3. The molecule has 2 aromatic rings. The van der Waals surface area contributed by atoms with Crippen molar-refractivity contribution < 1.29 is 4.79 Å². The lowest BCUT2D eigenvalue weighted by molar-refractivity contribution is 0.101. The Balaban J connectivity index is 2.50. The predicted octanol–water partition coefficient (Wildman–Crippen LogP) is 3.36. The molecule has 100 valence electrons. The molecule has 0 saturated heterocycles. The average Bonchev–Trinajstić information content (AvgIpc) is 2.81. The first-order chi connectivity index (χ1) is 9.06. The lowest BCUT2D eigenvalue weighted by Crippen LogP contribution is -2.03. The Morgan fingerprint density at radius 3 is 2.58 bits per heavy atom. The highest BCUT2D eigenvalue weighted by Gasteiger charge is 2.11. The quantitative estimate of drug-likeness (QED) is 0.811. The molecule has 1 aromatic heterocycles. The number of hydrogen-bond acceptors (Lipinski definition) is 3. The zero-order valence-electron chi connectivity index (χ0n) is 11.3. The molecule has 1 heterocycles. The molecule has 0 bridgehead atoms. The minimum Gasteiger partial charge on any atom is -0.294 e. The van der Waals surface area contributed by atoms with Crippen LogP contribution in [0.3, 0.4) is 0 Å². The number of benzene rings is 1. The molecule has 2 rings (SSSR count). The number of Topliss-reactive ketones (excluding diaryl/α,β-unsaturated/α-hetero) is 1. The van der Waals surface area contributed by atoms with E-state index in [1.54, 1.807) is 6.92 Å². The van der Waals surface area contributed by atoms with Gasteiger partial charge in [0, 0.05) is 22.9 Å². The van der Waals surface area contributed by atoms with Crippen molar-refractivity contribution in [2.24, 2.45) is 0 Å². The summed E-state index contributed by atoms with van der Waals surface area (Å²) in [7, 11) is 0. The number of aryl methyl sites for hydroxylation is 2. The molecular formula is C14H16BrN3O. The molecule has 0 radical (unpaired) electrons. The number of rotatable bonds is 4. The topological polar surface area (TPSA) is 47.8 Å². The zero-order valence-corrected chi connectivity index (χ0v) is 12.9. The maximum absolute atomic E-state index is 11.4. The summed E-state index contributed by atoms with van der Waals surface area (Å²) in [6, 6.07) is 5.62. The van der Waals surface area contributed by atoms with Gasteiger partial charge in [-0.1, -0.05) is 13.8 Å². The number of carbonyl (C=O) groups excluding carboxylic acids is 1. The summed E-state index contributed by atoms with van der Waals surface area (Å²) < 4.78 is 2.63. The van der Waals surface area contributed by atoms with Crippen LogP contribution >= 0.6 is 15.9 Å². The van der Waals surface area contributed by atoms with E-state index < -0.39 is 0 Å². The number of hydrogen-bond donors (Lipinski definition) is 0. The Labute approximate surface area is 121 Å². The second-order valence-electron chi connectivity index (χ2n) is 4.28. The third-order valence-electron chi connectivity index (χ3n) is 2.93. The smallest absolute Gasteiger partial charge is 0.160 e. The highest BCUT2D eigenvalue weighted by molar-refractivity contribution is 9.10. The van der Waals surface area contributed by atoms with E-state index >= 15 is 0 Å². The van der Waals surface area contributed by atoms with Gasteiger partial charge in [-0.05, 0) is 41.1 Å². The maximum Gasteiger partial charge on any atom is 0.160 e. The molecule has 0 unspecified atom stereocenters. The highest BCUT2D eigenvalue weighted by atomic mass is 79.9. The number of ketones is 1. The van der Waals surface area contributed by atoms with Gasteiger partial charge in [-0.3, -0.25) is 4.79 Å². The van der Waals surface area contributed by atoms with Gasteiger partial charge >= 0.3 is 0 Å². The normalized spacial score (nSPS) is 10.7. The first kappa shape index (κ1) is 13.9. The third-order valence-corrected chi connectivity index (χ3v) is 3.58. The molecule has 0 N–H and O–H groups in total. The van der Waals surface area contributed by atoms with E-state index in [0.29, 0.717) is 5.56 Å². The van der Waals surface area contributed by atoms with Crippen LogP contribution in [0, 0.1) is 0 Å². The van der Waals surface area contributed by atoms with Crippen molar-refractivity contribution in [3.05, 3.63) is 39.9 Å². The summed E-state index contributed by atoms with van der Waals surface area (Å²) in [5, 5.41) is 4.49. The summed E-state index contributed by atoms with van der Waals surface area (Å²) in [6.45, 7) is 5.65. The monoisotopic (exact) mass is 321 g/mol. The summed E-state index contributed by atoms with van der Waals surface area (Å²) in [6.07, 6.45) is 1.63. The van der Waals surface area contributed by atoms with Gasteiger partial charge in [0.2, 0.25) is 0 Å². The largest absolute Gasteiger partial charge is 0.294 e. The van der Waals surface area contributed by atoms with Crippen molar-refractivity contribution in [1.82, 2.24) is 14.8 Å². The fourth-order valence-electron chi connectivity index (χ4n) is 1.90. The number of carbonyl (C=O) groups is 1. The van der Waals surface area contributed by atoms with Gasteiger partial charge < -0.3 is 0 Å². The molecule has 0 spiro atoms. The molecule has 19 heavy (non-hydrogen) atoms. The molecule has 0 saturated carbocycles. The van der Waals surface area contributed by atoms with Crippen molar-refractivity contribution in [1.29, 1.82) is 0 Å². The summed E-state index contributed by atoms with van der Waals surface area (Å²) in [5.41, 5.74) is 1.60. The highest BCUT2D eigenvalue weighted by Crippen LogP contribution is 2.22. The molecule has 0 amide bonds. The van der Waals surface area contributed by atoms with Crippen LogP contribution in [0.15, 0.2) is 22.7 Å². The van der Waals surface area contributed by atoms with E-state index in [-0.39, 0.29) is 5.78 Å². The minimum absolute atomic E-state index is 0.0435. The summed E-state index contributed by atoms with van der Waals surface area (Å²) in [4.78, 5) is 15.9. The van der Waals surface area contributed by atoms with Gasteiger partial charge in [0.25, 0.3) is 0 Å². The van der Waals surface area contributed by atoms with E-state index in [9.17, 15) is 4.79 Å². The van der Waals surface area contributed by atoms with Crippen LogP contribution in [0.25, 0.3) is 5.69 Å². The molecule has 0 aliphatic heterocycles. The van der Waals surface area contributed by atoms with Crippen LogP contribution in [0.5, 0.6) is 0 Å². The van der Waals surface area contributed by atoms with Crippen molar-refractivity contribution >= 4 is 21.7 Å². The van der Waals surface area contributed by atoms with Gasteiger partial charge in [-0.15, -0.1) is 0 Å². The number of nitrogens with zero attached hydrogens (tertiary/aromatic N) is 3. The minimum atomic E-state index is 0.0435. The Kier molecular flexibility index (Phi) is 4.14. The van der Waals surface area contributed by atoms with Crippen LogP contribution in [-0.4, -0.2) is 20.5 Å². The molecule has 0 fully saturated rings. The van der Waals surface area contributed by atoms with Crippen LogP contribution in [0.4, 0.5) is 0 Å². The van der Waals surface area contributed by atoms with E-state index in [0.717, 1.165) is 34.7 Å². The van der Waals surface area contributed by atoms with Crippen molar-refractivity contribution in [3.8, 4) is 5.69 Å². The second kappa shape index (κ2) is 5.65. The molecule has 0 atom stereocenters. The Morgan fingerprint density at radius 2 is 2.05 bits per heavy atom.